The number of nitrogens with one attached hydrogen (secondary N) is 2. The van der Waals surface area contributed by atoms with Crippen molar-refractivity contribution in [3.05, 3.63) is 83.3 Å². The Bertz CT molecular complexity index is 839. The van der Waals surface area contributed by atoms with Crippen molar-refractivity contribution >= 4 is 29.0 Å². The van der Waals surface area contributed by atoms with Crippen molar-refractivity contribution in [2.45, 2.75) is 6.54 Å². The summed E-state index contributed by atoms with van der Waals surface area (Å²) in [6.07, 6.45) is 1.36. The van der Waals surface area contributed by atoms with Crippen LogP contribution in [0.1, 0.15) is 16.1 Å². The Morgan fingerprint density at radius 3 is 2.54 bits per heavy atom. The van der Waals surface area contributed by atoms with Gasteiger partial charge in [-0.15, -0.1) is 0 Å². The second kappa shape index (κ2) is 7.57. The van der Waals surface area contributed by atoms with Crippen molar-refractivity contribution in [1.82, 2.24) is 9.97 Å². The monoisotopic (exact) mass is 338 g/mol. The predicted octanol–water partition coefficient (Wildman–Crippen LogP) is 3.99. The fourth-order valence-corrected chi connectivity index (χ4v) is 2.32. The molecule has 0 spiro atoms. The first-order valence-corrected chi connectivity index (χ1v) is 7.76. The van der Waals surface area contributed by atoms with Gasteiger partial charge in [-0.1, -0.05) is 48.0 Å². The lowest BCUT2D eigenvalue weighted by molar-refractivity contribution is 0.102. The highest BCUT2D eigenvalue weighted by Gasteiger charge is 2.09. The lowest BCUT2D eigenvalue weighted by Crippen LogP contribution is -2.14. The molecule has 2 N–H and O–H groups in total. The first-order valence-electron chi connectivity index (χ1n) is 7.38. The number of hydrogen-bond acceptors (Lipinski definition) is 4. The summed E-state index contributed by atoms with van der Waals surface area (Å²) in [6.45, 7) is 0.510. The number of aromatic nitrogens is 2. The Kier molecular flexibility index (Phi) is 5.03. The van der Waals surface area contributed by atoms with Crippen molar-refractivity contribution < 1.29 is 4.79 Å². The summed E-state index contributed by atoms with van der Waals surface area (Å²) in [7, 11) is 0. The maximum Gasteiger partial charge on any atom is 0.274 e. The summed E-state index contributed by atoms with van der Waals surface area (Å²) in [5.41, 5.74) is 1.95. The van der Waals surface area contributed by atoms with E-state index in [1.165, 1.54) is 6.33 Å². The molecule has 0 saturated carbocycles. The van der Waals surface area contributed by atoms with Crippen LogP contribution in [-0.2, 0) is 6.54 Å². The van der Waals surface area contributed by atoms with Crippen molar-refractivity contribution in [3.8, 4) is 0 Å². The van der Waals surface area contributed by atoms with Crippen molar-refractivity contribution in [2.75, 3.05) is 10.6 Å². The molecule has 0 saturated heterocycles. The van der Waals surface area contributed by atoms with Gasteiger partial charge in [0.2, 0.25) is 0 Å². The Balaban J connectivity index is 1.68. The molecule has 0 radical (unpaired) electrons. The minimum absolute atomic E-state index is 0.288. The number of para-hydroxylation sites is 1. The van der Waals surface area contributed by atoms with Gasteiger partial charge < -0.3 is 10.6 Å². The molecule has 0 fully saturated rings. The van der Waals surface area contributed by atoms with Gasteiger partial charge in [-0.2, -0.15) is 0 Å². The Morgan fingerprint density at radius 1 is 1.00 bits per heavy atom. The summed E-state index contributed by atoms with van der Waals surface area (Å²) in [5, 5.41) is 6.62. The maximum absolute atomic E-state index is 12.2. The van der Waals surface area contributed by atoms with E-state index in [1.807, 2.05) is 54.6 Å². The summed E-state index contributed by atoms with van der Waals surface area (Å²) in [5.74, 6) is 0.271. The highest BCUT2D eigenvalue weighted by atomic mass is 35.5. The number of anilines is 2. The molecule has 1 heterocycles. The number of halogens is 1. The Hall–Kier alpha value is -2.92. The van der Waals surface area contributed by atoms with E-state index < -0.39 is 0 Å². The van der Waals surface area contributed by atoms with E-state index in [0.717, 1.165) is 5.56 Å². The number of carbonyl (C=O) groups excluding carboxylic acids is 1. The predicted molar refractivity (Wildman–Crippen MR) is 95.2 cm³/mol. The lowest BCUT2D eigenvalue weighted by atomic mass is 10.2. The van der Waals surface area contributed by atoms with E-state index in [4.69, 9.17) is 11.6 Å². The van der Waals surface area contributed by atoms with Crippen LogP contribution < -0.4 is 10.6 Å². The van der Waals surface area contributed by atoms with Crippen molar-refractivity contribution in [2.24, 2.45) is 0 Å². The average molecular weight is 339 g/mol. The first-order chi connectivity index (χ1) is 11.7. The molecule has 6 heteroatoms. The molecule has 0 unspecified atom stereocenters. The van der Waals surface area contributed by atoms with Crippen molar-refractivity contribution in [1.29, 1.82) is 0 Å². The molecule has 1 amide bonds. The zero-order valence-electron chi connectivity index (χ0n) is 12.7. The molecular weight excluding hydrogens is 324 g/mol. The second-order valence-corrected chi connectivity index (χ2v) is 5.46. The molecule has 0 atom stereocenters. The largest absolute Gasteiger partial charge is 0.366 e. The van der Waals surface area contributed by atoms with Crippen LogP contribution in [0.5, 0.6) is 0 Å². The molecule has 0 bridgehead atoms. The highest BCUT2D eigenvalue weighted by molar-refractivity contribution is 6.31. The summed E-state index contributed by atoms with van der Waals surface area (Å²) in [4.78, 5) is 20.4. The van der Waals surface area contributed by atoms with Crippen LogP contribution in [0.25, 0.3) is 0 Å². The van der Waals surface area contributed by atoms with E-state index in [2.05, 4.69) is 20.6 Å². The van der Waals surface area contributed by atoms with E-state index in [-0.39, 0.29) is 11.6 Å². The molecule has 24 heavy (non-hydrogen) atoms. The van der Waals surface area contributed by atoms with E-state index in [9.17, 15) is 4.79 Å². The van der Waals surface area contributed by atoms with Crippen LogP contribution in [0.15, 0.2) is 67.0 Å². The van der Waals surface area contributed by atoms with E-state index in [1.54, 1.807) is 6.07 Å². The van der Waals surface area contributed by atoms with Crippen LogP contribution >= 0.6 is 11.6 Å². The fourth-order valence-electron chi connectivity index (χ4n) is 2.12. The molecule has 3 aromatic rings. The van der Waals surface area contributed by atoms with Gasteiger partial charge >= 0.3 is 0 Å². The number of carbonyl (C=O) groups is 1. The third-order valence-corrected chi connectivity index (χ3v) is 3.72. The lowest BCUT2D eigenvalue weighted by Gasteiger charge is -2.08. The first kappa shape index (κ1) is 16.0. The fraction of sp³-hybridized carbons (Fsp3) is 0.0556. The summed E-state index contributed by atoms with van der Waals surface area (Å²) < 4.78 is 0. The van der Waals surface area contributed by atoms with Gasteiger partial charge in [0.05, 0.1) is 0 Å². The molecule has 120 valence electrons. The SMILES string of the molecule is O=C(Nc1ccccc1)c1cc(NCc2ccccc2Cl)ncn1. The zero-order valence-corrected chi connectivity index (χ0v) is 13.5. The van der Waals surface area contributed by atoms with Crippen LogP contribution in [-0.4, -0.2) is 15.9 Å². The normalized spacial score (nSPS) is 10.2. The van der Waals surface area contributed by atoms with Crippen molar-refractivity contribution in [3.63, 3.8) is 0 Å². The minimum atomic E-state index is -0.288. The van der Waals surface area contributed by atoms with Gasteiger partial charge in [-0.3, -0.25) is 4.79 Å². The number of amides is 1. The average Bonchev–Trinajstić information content (AvgIpc) is 2.62. The van der Waals surface area contributed by atoms with Gasteiger partial charge in [-0.25, -0.2) is 9.97 Å². The van der Waals surface area contributed by atoms with Crippen LogP contribution in [0.2, 0.25) is 5.02 Å². The van der Waals surface area contributed by atoms with E-state index in [0.29, 0.717) is 23.1 Å². The van der Waals surface area contributed by atoms with Gasteiger partial charge in [0, 0.05) is 23.3 Å². The molecule has 0 aliphatic heterocycles. The number of rotatable bonds is 5. The standard InChI is InChI=1S/C18H15ClN4O/c19-15-9-5-4-6-13(15)11-20-17-10-16(21-12-22-17)18(24)23-14-7-2-1-3-8-14/h1-10,12H,11H2,(H,23,24)(H,20,21,22). The third-order valence-electron chi connectivity index (χ3n) is 3.35. The van der Waals surface area contributed by atoms with Gasteiger partial charge in [0.25, 0.3) is 5.91 Å². The number of benzene rings is 2. The molecule has 1 aromatic heterocycles. The molecule has 0 aliphatic rings. The van der Waals surface area contributed by atoms with Gasteiger partial charge in [0.15, 0.2) is 0 Å². The minimum Gasteiger partial charge on any atom is -0.366 e. The summed E-state index contributed by atoms with van der Waals surface area (Å²) >= 11 is 6.13. The topological polar surface area (TPSA) is 66.9 Å². The van der Waals surface area contributed by atoms with E-state index >= 15 is 0 Å². The zero-order chi connectivity index (χ0) is 16.8. The Morgan fingerprint density at radius 2 is 1.75 bits per heavy atom. The number of nitrogens with zero attached hydrogens (tertiary/aromatic N) is 2. The maximum atomic E-state index is 12.2. The number of hydrogen-bond donors (Lipinski definition) is 2. The van der Waals surface area contributed by atoms with Crippen LogP contribution in [0, 0.1) is 0 Å². The molecular formula is C18H15ClN4O. The smallest absolute Gasteiger partial charge is 0.274 e. The third kappa shape index (κ3) is 4.08. The van der Waals surface area contributed by atoms with Crippen LogP contribution in [0.4, 0.5) is 11.5 Å². The summed E-state index contributed by atoms with van der Waals surface area (Å²) in [6, 6.07) is 18.4. The molecule has 0 aliphatic carbocycles. The van der Waals surface area contributed by atoms with Gasteiger partial charge in [0.1, 0.15) is 17.8 Å². The second-order valence-electron chi connectivity index (χ2n) is 5.05. The van der Waals surface area contributed by atoms with Gasteiger partial charge in [-0.05, 0) is 23.8 Å². The molecule has 3 rings (SSSR count). The molecule has 2 aromatic carbocycles. The Labute approximate surface area is 144 Å². The quantitative estimate of drug-likeness (QED) is 0.738. The van der Waals surface area contributed by atoms with Crippen LogP contribution in [0.3, 0.4) is 0 Å². The highest BCUT2D eigenvalue weighted by Crippen LogP contribution is 2.16. The molecule has 5 nitrogen and oxygen atoms in total.